The van der Waals surface area contributed by atoms with Crippen LogP contribution < -0.4 is 0 Å². The molecule has 15 aromatic rings. The van der Waals surface area contributed by atoms with E-state index in [0.717, 1.165) is 93.6 Å². The highest BCUT2D eigenvalue weighted by Crippen LogP contribution is 2.64. The molecule has 0 saturated heterocycles. The summed E-state index contributed by atoms with van der Waals surface area (Å²) in [6.45, 7) is 0. The molecule has 0 amide bonds. The maximum Gasteiger partial charge on any atom is 0.164 e. The van der Waals surface area contributed by atoms with E-state index in [0.29, 0.717) is 17.5 Å². The van der Waals surface area contributed by atoms with Crippen LogP contribution in [0.2, 0.25) is 0 Å². The Kier molecular flexibility index (Phi) is 8.39. The second-order valence-corrected chi connectivity index (χ2v) is 20.1. The standard InChI is InChI=1S/C70H39N3O3/c1-6-23-55-45(14-1)46-15-2-7-24-56(46)70(55)57-25-8-3-16-47(57)49-20-11-19-44(66(49)70)41-32-30-40(31-33-41)42-34-36-61-54(38-42)65-52(22-13-29-63(65)76-61)69-72-67(43-35-37-60-53(39-43)48-17-4-9-26-58(48)74-60)71-68(73-69)51-21-12-28-62-64(51)50-18-5-10-27-59(50)75-62/h1-39H. The van der Waals surface area contributed by atoms with Gasteiger partial charge in [-0.2, -0.15) is 0 Å². The molecule has 0 bridgehead atoms. The zero-order valence-electron chi connectivity index (χ0n) is 40.6. The van der Waals surface area contributed by atoms with E-state index in [1.54, 1.807) is 0 Å². The normalized spacial score (nSPS) is 13.1. The predicted octanol–water partition coefficient (Wildman–Crippen LogP) is 18.2. The first-order valence-corrected chi connectivity index (χ1v) is 25.7. The van der Waals surface area contributed by atoms with E-state index >= 15 is 0 Å². The first-order valence-electron chi connectivity index (χ1n) is 25.7. The zero-order valence-corrected chi connectivity index (χ0v) is 40.6. The maximum atomic E-state index is 6.66. The van der Waals surface area contributed by atoms with Gasteiger partial charge in [0, 0.05) is 49.0 Å². The quantitative estimate of drug-likeness (QED) is 0.171. The van der Waals surface area contributed by atoms with Gasteiger partial charge >= 0.3 is 0 Å². The average Bonchev–Trinajstić information content (AvgIpc) is 4.46. The van der Waals surface area contributed by atoms with Crippen LogP contribution in [0.4, 0.5) is 0 Å². The molecule has 11 aromatic carbocycles. The van der Waals surface area contributed by atoms with E-state index in [1.807, 2.05) is 72.8 Å². The Hall–Kier alpha value is -10.2. The second kappa shape index (κ2) is 15.4. The van der Waals surface area contributed by atoms with Gasteiger partial charge in [-0.25, -0.2) is 15.0 Å². The summed E-state index contributed by atoms with van der Waals surface area (Å²) in [5.41, 5.74) is 22.0. The Morgan fingerprint density at radius 2 is 0.658 bits per heavy atom. The van der Waals surface area contributed by atoms with E-state index in [-0.39, 0.29) is 0 Å². The minimum Gasteiger partial charge on any atom is -0.456 e. The fourth-order valence-corrected chi connectivity index (χ4v) is 13.0. The van der Waals surface area contributed by atoms with Crippen molar-refractivity contribution in [1.29, 1.82) is 0 Å². The highest BCUT2D eigenvalue weighted by molar-refractivity contribution is 6.14. The van der Waals surface area contributed by atoms with Crippen molar-refractivity contribution in [1.82, 2.24) is 15.0 Å². The van der Waals surface area contributed by atoms with Crippen LogP contribution >= 0.6 is 0 Å². The van der Waals surface area contributed by atoms with Crippen LogP contribution in [-0.2, 0) is 5.41 Å². The smallest absolute Gasteiger partial charge is 0.164 e. The number of benzene rings is 11. The summed E-state index contributed by atoms with van der Waals surface area (Å²) in [5, 5.41) is 5.89. The first kappa shape index (κ1) is 41.3. The molecule has 0 atom stereocenters. The molecule has 0 fully saturated rings. The Labute approximate surface area is 434 Å². The Morgan fingerprint density at radius 3 is 1.33 bits per heavy atom. The van der Waals surface area contributed by atoms with Crippen molar-refractivity contribution in [3.8, 4) is 78.7 Å². The molecular formula is C70H39N3O3. The minimum absolute atomic E-state index is 0.442. The number of fused-ring (bicyclic) bond motifs is 19. The number of hydrogen-bond donors (Lipinski definition) is 0. The maximum absolute atomic E-state index is 6.66. The van der Waals surface area contributed by atoms with Crippen molar-refractivity contribution in [3.05, 3.63) is 259 Å². The van der Waals surface area contributed by atoms with Gasteiger partial charge in [0.25, 0.3) is 0 Å². The Bertz CT molecular complexity index is 4900. The summed E-state index contributed by atoms with van der Waals surface area (Å²) in [7, 11) is 0. The van der Waals surface area contributed by atoms with Crippen LogP contribution in [-0.4, -0.2) is 15.0 Å². The van der Waals surface area contributed by atoms with Crippen molar-refractivity contribution >= 4 is 65.8 Å². The van der Waals surface area contributed by atoms with Crippen molar-refractivity contribution in [3.63, 3.8) is 0 Å². The van der Waals surface area contributed by atoms with Crippen LogP contribution in [0.3, 0.4) is 0 Å². The summed E-state index contributed by atoms with van der Waals surface area (Å²) in [5.74, 6) is 1.62. The molecular weight excluding hydrogens is 931 g/mol. The lowest BCUT2D eigenvalue weighted by Crippen LogP contribution is -2.26. The fraction of sp³-hybridized carbons (Fsp3) is 0.0143. The molecule has 76 heavy (non-hydrogen) atoms. The SMILES string of the molecule is c1ccc2c(c1)-c1ccccc1C21c2ccccc2-c2cccc(-c3ccc(-c4ccc5oc6cccc(-c7nc(-c8ccc9oc%10ccccc%10c9c8)nc(-c8cccc9oc%10ccccc%10c89)n7)c6c5c4)cc3)c21. The van der Waals surface area contributed by atoms with Crippen LogP contribution in [0, 0.1) is 0 Å². The van der Waals surface area contributed by atoms with Gasteiger partial charge in [-0.1, -0.05) is 182 Å². The highest BCUT2D eigenvalue weighted by Gasteiger charge is 2.52. The van der Waals surface area contributed by atoms with Gasteiger partial charge in [0.15, 0.2) is 17.5 Å². The van der Waals surface area contributed by atoms with Crippen LogP contribution in [0.1, 0.15) is 22.3 Å². The lowest BCUT2D eigenvalue weighted by molar-refractivity contribution is 0.668. The molecule has 0 radical (unpaired) electrons. The summed E-state index contributed by atoms with van der Waals surface area (Å²) < 4.78 is 19.3. The molecule has 4 heterocycles. The van der Waals surface area contributed by atoms with Gasteiger partial charge in [-0.3, -0.25) is 0 Å². The van der Waals surface area contributed by atoms with E-state index < -0.39 is 5.41 Å². The Morgan fingerprint density at radius 1 is 0.250 bits per heavy atom. The van der Waals surface area contributed by atoms with Gasteiger partial charge in [0.2, 0.25) is 0 Å². The molecule has 352 valence electrons. The number of aromatic nitrogens is 3. The summed E-state index contributed by atoms with van der Waals surface area (Å²) >= 11 is 0. The van der Waals surface area contributed by atoms with E-state index in [4.69, 9.17) is 28.2 Å². The molecule has 6 heteroatoms. The number of furan rings is 3. The summed E-state index contributed by atoms with van der Waals surface area (Å²) in [4.78, 5) is 16.0. The lowest BCUT2D eigenvalue weighted by Gasteiger charge is -2.32. The van der Waals surface area contributed by atoms with Crippen molar-refractivity contribution in [2.24, 2.45) is 0 Å². The monoisotopic (exact) mass is 969 g/mol. The third-order valence-electron chi connectivity index (χ3n) is 16.2. The molecule has 0 N–H and O–H groups in total. The highest BCUT2D eigenvalue weighted by atomic mass is 16.3. The van der Waals surface area contributed by atoms with Gasteiger partial charge in [-0.05, 0) is 121 Å². The van der Waals surface area contributed by atoms with E-state index in [2.05, 4.69) is 164 Å². The largest absolute Gasteiger partial charge is 0.456 e. The molecule has 0 unspecified atom stereocenters. The predicted molar refractivity (Wildman–Crippen MR) is 305 cm³/mol. The van der Waals surface area contributed by atoms with Gasteiger partial charge in [0.05, 0.1) is 5.41 Å². The van der Waals surface area contributed by atoms with Gasteiger partial charge < -0.3 is 13.3 Å². The number of rotatable bonds is 5. The Balaban J connectivity index is 0.818. The van der Waals surface area contributed by atoms with Crippen molar-refractivity contribution in [2.45, 2.75) is 5.41 Å². The van der Waals surface area contributed by atoms with E-state index in [1.165, 1.54) is 55.6 Å². The van der Waals surface area contributed by atoms with Crippen LogP contribution in [0.15, 0.2) is 250 Å². The van der Waals surface area contributed by atoms with Crippen LogP contribution in [0.25, 0.3) is 144 Å². The van der Waals surface area contributed by atoms with Crippen molar-refractivity contribution < 1.29 is 13.3 Å². The fourth-order valence-electron chi connectivity index (χ4n) is 13.0. The average molecular weight is 970 g/mol. The molecule has 17 rings (SSSR count). The lowest BCUT2D eigenvalue weighted by atomic mass is 9.68. The summed E-state index contributed by atoms with van der Waals surface area (Å²) in [6, 6.07) is 84.0. The molecule has 0 aliphatic heterocycles. The van der Waals surface area contributed by atoms with Gasteiger partial charge in [-0.15, -0.1) is 0 Å². The molecule has 2 aliphatic carbocycles. The third kappa shape index (κ3) is 5.67. The molecule has 2 aliphatic rings. The topological polar surface area (TPSA) is 78.1 Å². The zero-order chi connectivity index (χ0) is 49.6. The summed E-state index contributed by atoms with van der Waals surface area (Å²) in [6.07, 6.45) is 0. The minimum atomic E-state index is -0.442. The number of para-hydroxylation sites is 2. The first-order chi connectivity index (χ1) is 37.7. The third-order valence-corrected chi connectivity index (χ3v) is 16.2. The van der Waals surface area contributed by atoms with Crippen molar-refractivity contribution in [2.75, 3.05) is 0 Å². The van der Waals surface area contributed by atoms with E-state index in [9.17, 15) is 0 Å². The molecule has 0 saturated carbocycles. The van der Waals surface area contributed by atoms with Crippen LogP contribution in [0.5, 0.6) is 0 Å². The number of nitrogens with zero attached hydrogens (tertiary/aromatic N) is 3. The van der Waals surface area contributed by atoms with Gasteiger partial charge in [0.1, 0.15) is 33.5 Å². The second-order valence-electron chi connectivity index (χ2n) is 20.1. The molecule has 1 spiro atoms. The molecule has 6 nitrogen and oxygen atoms in total. The molecule has 4 aromatic heterocycles. The number of hydrogen-bond acceptors (Lipinski definition) is 6.